The van der Waals surface area contributed by atoms with E-state index in [0.29, 0.717) is 0 Å². The molecule has 13 nitrogen and oxygen atoms in total. The standard InChI is InChI=1S/C11H18N4O9/c1-4(17)13-6-5(18)2-11(23,9(20)21)24-7(6)8(19)10(22,3-16)14-15-12/h5-8,16,18-19,22-23H,2-3H2,1H3,(H,13,17)(H,20,21)/t5-,6+,7+,8-,10+,11-/m0/s1. The van der Waals surface area contributed by atoms with E-state index < -0.39 is 60.8 Å². The average molecular weight is 350 g/mol. The van der Waals surface area contributed by atoms with Gasteiger partial charge >= 0.3 is 5.97 Å². The third-order valence-electron chi connectivity index (χ3n) is 3.52. The first-order chi connectivity index (χ1) is 11.0. The van der Waals surface area contributed by atoms with Crippen LogP contribution >= 0.6 is 0 Å². The molecule has 0 unspecified atom stereocenters. The molecule has 1 aliphatic heterocycles. The van der Waals surface area contributed by atoms with Gasteiger partial charge in [0.1, 0.15) is 12.2 Å². The lowest BCUT2D eigenvalue weighted by molar-refractivity contribution is -0.302. The number of hydrogen-bond acceptors (Lipinski definition) is 9. The zero-order valence-corrected chi connectivity index (χ0v) is 12.5. The minimum atomic E-state index is -2.94. The molecular formula is C11H18N4O9. The predicted octanol–water partition coefficient (Wildman–Crippen LogP) is -3.23. The van der Waals surface area contributed by atoms with Crippen molar-refractivity contribution in [1.29, 1.82) is 0 Å². The third-order valence-corrected chi connectivity index (χ3v) is 3.52. The first-order valence-corrected chi connectivity index (χ1v) is 6.67. The fourth-order valence-corrected chi connectivity index (χ4v) is 2.31. The van der Waals surface area contributed by atoms with Crippen molar-refractivity contribution >= 4 is 11.9 Å². The van der Waals surface area contributed by atoms with E-state index in [9.17, 15) is 30.0 Å². The summed E-state index contributed by atoms with van der Waals surface area (Å²) < 4.78 is 4.85. The second kappa shape index (κ2) is 7.27. The number of rotatable bonds is 6. The van der Waals surface area contributed by atoms with E-state index in [1.54, 1.807) is 0 Å². The highest BCUT2D eigenvalue weighted by Crippen LogP contribution is 2.32. The van der Waals surface area contributed by atoms with Gasteiger partial charge in [-0.3, -0.25) is 4.79 Å². The van der Waals surface area contributed by atoms with Gasteiger partial charge in [0, 0.05) is 18.3 Å². The molecule has 136 valence electrons. The number of carbonyl (C=O) groups excluding carboxylic acids is 1. The van der Waals surface area contributed by atoms with Crippen LogP contribution in [0.5, 0.6) is 0 Å². The molecule has 1 aliphatic rings. The largest absolute Gasteiger partial charge is 0.477 e. The smallest absolute Gasteiger partial charge is 0.364 e. The maximum atomic E-state index is 11.2. The molecular weight excluding hydrogens is 332 g/mol. The number of amides is 1. The normalized spacial score (nSPS) is 33.7. The molecule has 6 atom stereocenters. The Morgan fingerprint density at radius 2 is 2.17 bits per heavy atom. The Morgan fingerprint density at radius 3 is 2.58 bits per heavy atom. The van der Waals surface area contributed by atoms with Gasteiger partial charge in [0.2, 0.25) is 5.91 Å². The molecule has 1 amide bonds. The topological polar surface area (TPSA) is 226 Å². The molecule has 0 aromatic rings. The van der Waals surface area contributed by atoms with Gasteiger partial charge in [0.05, 0.1) is 18.8 Å². The fraction of sp³-hybridized carbons (Fsp3) is 0.818. The molecule has 1 fully saturated rings. The van der Waals surface area contributed by atoms with Crippen LogP contribution in [0.15, 0.2) is 5.11 Å². The lowest BCUT2D eigenvalue weighted by Crippen LogP contribution is -2.69. The minimum absolute atomic E-state index is 0.697. The van der Waals surface area contributed by atoms with Crippen LogP contribution in [0.3, 0.4) is 0 Å². The van der Waals surface area contributed by atoms with Gasteiger partial charge < -0.3 is 40.7 Å². The highest BCUT2D eigenvalue weighted by molar-refractivity contribution is 5.76. The lowest BCUT2D eigenvalue weighted by Gasteiger charge is -2.46. The average Bonchev–Trinajstić information content (AvgIpc) is 2.48. The summed E-state index contributed by atoms with van der Waals surface area (Å²) in [5.41, 5.74) is 5.55. The molecule has 0 bridgehead atoms. The molecule has 1 heterocycles. The number of nitrogens with one attached hydrogen (secondary N) is 1. The molecule has 0 radical (unpaired) electrons. The minimum Gasteiger partial charge on any atom is -0.477 e. The highest BCUT2D eigenvalue weighted by Gasteiger charge is 2.56. The molecule has 7 N–H and O–H groups in total. The van der Waals surface area contributed by atoms with Gasteiger partial charge in [0.25, 0.3) is 5.79 Å². The van der Waals surface area contributed by atoms with E-state index in [1.165, 1.54) is 0 Å². The summed E-state index contributed by atoms with van der Waals surface area (Å²) >= 11 is 0. The summed E-state index contributed by atoms with van der Waals surface area (Å²) in [6.45, 7) is -0.230. The molecule has 0 saturated carbocycles. The quantitative estimate of drug-likeness (QED) is 0.145. The van der Waals surface area contributed by atoms with E-state index in [-0.39, 0.29) is 0 Å². The Morgan fingerprint density at radius 1 is 1.58 bits per heavy atom. The zero-order valence-electron chi connectivity index (χ0n) is 12.5. The number of aliphatic carboxylic acids is 1. The number of carbonyl (C=O) groups is 2. The Labute approximate surface area is 134 Å². The number of hydrogen-bond donors (Lipinski definition) is 7. The van der Waals surface area contributed by atoms with Crippen LogP contribution in [0.25, 0.3) is 10.4 Å². The van der Waals surface area contributed by atoms with Crippen molar-refractivity contribution in [3.8, 4) is 0 Å². The summed E-state index contributed by atoms with van der Waals surface area (Å²) in [6, 6.07) is -1.47. The van der Waals surface area contributed by atoms with Gasteiger partial charge in [-0.2, -0.15) is 0 Å². The first-order valence-electron chi connectivity index (χ1n) is 6.67. The lowest BCUT2D eigenvalue weighted by atomic mass is 9.87. The van der Waals surface area contributed by atoms with E-state index in [1.807, 2.05) is 0 Å². The maximum absolute atomic E-state index is 11.2. The summed E-state index contributed by atoms with van der Waals surface area (Å²) in [4.78, 5) is 24.6. The molecule has 0 spiro atoms. The SMILES string of the molecule is CC(=O)N[C@H]1[C@H]([C@H](O)[C@](O)(CO)N=[N+]=[N-])O[C@](O)(C(=O)O)C[C@@H]1O. The monoisotopic (exact) mass is 350 g/mol. The number of nitrogens with zero attached hydrogens (tertiary/aromatic N) is 3. The Bertz CT molecular complexity index is 554. The number of aliphatic hydroxyl groups is 5. The molecule has 1 rings (SSSR count). The molecule has 0 aliphatic carbocycles. The van der Waals surface area contributed by atoms with Gasteiger partial charge in [-0.1, -0.05) is 5.11 Å². The van der Waals surface area contributed by atoms with Crippen molar-refractivity contribution in [1.82, 2.24) is 5.32 Å². The first kappa shape index (κ1) is 20.1. The number of ether oxygens (including phenoxy) is 1. The van der Waals surface area contributed by atoms with Crippen molar-refractivity contribution in [3.05, 3.63) is 10.4 Å². The van der Waals surface area contributed by atoms with Gasteiger partial charge in [-0.05, 0) is 5.53 Å². The van der Waals surface area contributed by atoms with Crippen molar-refractivity contribution < 1.29 is 45.0 Å². The van der Waals surface area contributed by atoms with Crippen LogP contribution in [-0.2, 0) is 14.3 Å². The number of carboxylic acids is 1. The van der Waals surface area contributed by atoms with Gasteiger partial charge in [-0.25, -0.2) is 4.79 Å². The Kier molecular flexibility index (Phi) is 6.08. The Balaban J connectivity index is 3.29. The molecule has 24 heavy (non-hydrogen) atoms. The van der Waals surface area contributed by atoms with E-state index >= 15 is 0 Å². The Hall–Kier alpha value is -1.99. The third kappa shape index (κ3) is 3.91. The number of azide groups is 1. The molecule has 13 heteroatoms. The van der Waals surface area contributed by atoms with E-state index in [4.69, 9.17) is 20.5 Å². The zero-order chi connectivity index (χ0) is 18.7. The van der Waals surface area contributed by atoms with Gasteiger partial charge in [-0.15, -0.1) is 0 Å². The van der Waals surface area contributed by atoms with Crippen LogP contribution in [0, 0.1) is 0 Å². The maximum Gasteiger partial charge on any atom is 0.364 e. The summed E-state index contributed by atoms with van der Waals surface area (Å²) in [5.74, 6) is -5.53. The second-order valence-electron chi connectivity index (χ2n) is 5.34. The van der Waals surface area contributed by atoms with Crippen LogP contribution < -0.4 is 5.32 Å². The molecule has 0 aromatic carbocycles. The van der Waals surface area contributed by atoms with Crippen LogP contribution in [-0.4, -0.2) is 85.0 Å². The van der Waals surface area contributed by atoms with Crippen molar-refractivity contribution in [2.45, 2.75) is 49.2 Å². The van der Waals surface area contributed by atoms with E-state index in [0.717, 1.165) is 6.92 Å². The fourth-order valence-electron chi connectivity index (χ4n) is 2.31. The summed E-state index contributed by atoms with van der Waals surface area (Å²) in [6.07, 6.45) is -6.77. The number of carboxylic acid groups (broad SMARTS) is 1. The van der Waals surface area contributed by atoms with Crippen molar-refractivity contribution in [3.63, 3.8) is 0 Å². The predicted molar refractivity (Wildman–Crippen MR) is 72.9 cm³/mol. The number of aliphatic hydroxyl groups excluding tert-OH is 3. The van der Waals surface area contributed by atoms with Crippen LogP contribution in [0.4, 0.5) is 0 Å². The molecule has 1 saturated heterocycles. The van der Waals surface area contributed by atoms with Crippen molar-refractivity contribution in [2.75, 3.05) is 6.61 Å². The van der Waals surface area contributed by atoms with Crippen LogP contribution in [0.2, 0.25) is 0 Å². The van der Waals surface area contributed by atoms with Crippen LogP contribution in [0.1, 0.15) is 13.3 Å². The second-order valence-corrected chi connectivity index (χ2v) is 5.34. The summed E-state index contributed by atoms with van der Waals surface area (Å²) in [5, 5.41) is 63.2. The highest BCUT2D eigenvalue weighted by atomic mass is 16.7. The van der Waals surface area contributed by atoms with Crippen molar-refractivity contribution in [2.24, 2.45) is 5.11 Å². The van der Waals surface area contributed by atoms with Gasteiger partial charge in [0.15, 0.2) is 5.72 Å². The van der Waals surface area contributed by atoms with E-state index in [2.05, 4.69) is 15.3 Å². The summed E-state index contributed by atoms with van der Waals surface area (Å²) in [7, 11) is 0. The molecule has 0 aromatic heterocycles.